The van der Waals surface area contributed by atoms with Crippen molar-refractivity contribution in [3.8, 4) is 0 Å². The molecule has 1 aromatic rings. The van der Waals surface area contributed by atoms with Crippen LogP contribution in [0.1, 0.15) is 25.1 Å². The minimum absolute atomic E-state index is 0.283. The molecule has 15 heavy (non-hydrogen) atoms. The number of aromatic nitrogens is 4. The molecule has 2 rings (SSSR count). The maximum absolute atomic E-state index is 8.90. The molecular weight excluding hydrogens is 194 g/mol. The van der Waals surface area contributed by atoms with Gasteiger partial charge in [-0.15, -0.1) is 10.2 Å². The fourth-order valence-corrected chi connectivity index (χ4v) is 1.76. The minimum Gasteiger partial charge on any atom is -0.396 e. The van der Waals surface area contributed by atoms with Crippen molar-refractivity contribution in [1.29, 1.82) is 0 Å². The summed E-state index contributed by atoms with van der Waals surface area (Å²) in [5, 5.41) is 23.9. The zero-order chi connectivity index (χ0) is 10.7. The van der Waals surface area contributed by atoms with Crippen LogP contribution in [-0.2, 0) is 13.6 Å². The van der Waals surface area contributed by atoms with Gasteiger partial charge in [0.15, 0.2) is 5.82 Å². The average molecular weight is 211 g/mol. The fraction of sp³-hybridized carbons (Fsp3) is 0.889. The number of rotatable bonds is 6. The molecule has 1 saturated carbocycles. The molecule has 1 aliphatic rings. The first-order chi connectivity index (χ1) is 7.24. The fourth-order valence-electron chi connectivity index (χ4n) is 1.76. The summed E-state index contributed by atoms with van der Waals surface area (Å²) in [6, 6.07) is 0. The Labute approximate surface area is 88.7 Å². The van der Waals surface area contributed by atoms with Crippen LogP contribution in [0.25, 0.3) is 0 Å². The summed E-state index contributed by atoms with van der Waals surface area (Å²) in [4.78, 5) is 1.46. The van der Waals surface area contributed by atoms with Crippen molar-refractivity contribution in [3.05, 3.63) is 5.82 Å². The lowest BCUT2D eigenvalue weighted by molar-refractivity contribution is 0.245. The second-order valence-corrected chi connectivity index (χ2v) is 4.27. The first-order valence-electron chi connectivity index (χ1n) is 5.29. The summed E-state index contributed by atoms with van der Waals surface area (Å²) < 4.78 is 0. The molecule has 1 aromatic heterocycles. The van der Waals surface area contributed by atoms with Crippen molar-refractivity contribution >= 4 is 0 Å². The van der Waals surface area contributed by atoms with Crippen molar-refractivity contribution in [1.82, 2.24) is 25.5 Å². The Kier molecular flexibility index (Phi) is 2.97. The number of aliphatic hydroxyl groups excluding tert-OH is 1. The van der Waals surface area contributed by atoms with Crippen molar-refractivity contribution < 1.29 is 5.11 Å². The molecule has 0 saturated heterocycles. The predicted molar refractivity (Wildman–Crippen MR) is 53.9 cm³/mol. The van der Waals surface area contributed by atoms with E-state index in [1.807, 2.05) is 0 Å². The standard InChI is InChI=1S/C9H17N5O/c1-14-12-8(11-13-14)6-10-7-9(2-3-9)4-5-15/h10,15H,2-7H2,1H3. The SMILES string of the molecule is Cn1nnc(CNCC2(CCO)CC2)n1. The highest BCUT2D eigenvalue weighted by atomic mass is 16.3. The summed E-state index contributed by atoms with van der Waals surface area (Å²) in [6.45, 7) is 1.87. The van der Waals surface area contributed by atoms with Crippen LogP contribution >= 0.6 is 0 Å². The van der Waals surface area contributed by atoms with Gasteiger partial charge in [-0.1, -0.05) is 0 Å². The van der Waals surface area contributed by atoms with E-state index in [9.17, 15) is 0 Å². The van der Waals surface area contributed by atoms with Gasteiger partial charge in [-0.3, -0.25) is 0 Å². The van der Waals surface area contributed by atoms with Gasteiger partial charge in [0.2, 0.25) is 0 Å². The van der Waals surface area contributed by atoms with E-state index >= 15 is 0 Å². The molecule has 0 unspecified atom stereocenters. The molecule has 84 valence electrons. The molecule has 1 aliphatic carbocycles. The smallest absolute Gasteiger partial charge is 0.188 e. The van der Waals surface area contributed by atoms with E-state index in [-0.39, 0.29) is 6.61 Å². The zero-order valence-corrected chi connectivity index (χ0v) is 8.98. The Hall–Kier alpha value is -1.01. The first-order valence-corrected chi connectivity index (χ1v) is 5.29. The molecule has 0 spiro atoms. The average Bonchev–Trinajstić information content (AvgIpc) is 2.83. The third-order valence-electron chi connectivity index (χ3n) is 2.93. The van der Waals surface area contributed by atoms with E-state index in [2.05, 4.69) is 20.7 Å². The lowest BCUT2D eigenvalue weighted by atomic mass is 10.0. The molecule has 1 fully saturated rings. The zero-order valence-electron chi connectivity index (χ0n) is 8.98. The van der Waals surface area contributed by atoms with Crippen molar-refractivity contribution in [3.63, 3.8) is 0 Å². The van der Waals surface area contributed by atoms with Crippen LogP contribution in [0.15, 0.2) is 0 Å². The lowest BCUT2D eigenvalue weighted by Crippen LogP contribution is -2.25. The Morgan fingerprint density at radius 2 is 2.33 bits per heavy atom. The second-order valence-electron chi connectivity index (χ2n) is 4.27. The molecule has 6 heteroatoms. The molecule has 1 heterocycles. The summed E-state index contributed by atoms with van der Waals surface area (Å²) in [5.41, 5.74) is 0.344. The summed E-state index contributed by atoms with van der Waals surface area (Å²) in [6.07, 6.45) is 3.33. The number of aliphatic hydroxyl groups is 1. The Balaban J connectivity index is 1.71. The number of nitrogens with zero attached hydrogens (tertiary/aromatic N) is 4. The molecule has 0 bridgehead atoms. The molecule has 0 aliphatic heterocycles. The number of hydrogen-bond acceptors (Lipinski definition) is 5. The third kappa shape index (κ3) is 2.73. The molecular formula is C9H17N5O. The molecule has 6 nitrogen and oxygen atoms in total. The molecule has 0 aromatic carbocycles. The summed E-state index contributed by atoms with van der Waals surface area (Å²) in [7, 11) is 1.75. The lowest BCUT2D eigenvalue weighted by Gasteiger charge is -2.13. The first kappa shape index (κ1) is 10.5. The van der Waals surface area contributed by atoms with Gasteiger partial charge in [0.25, 0.3) is 0 Å². The van der Waals surface area contributed by atoms with E-state index in [0.717, 1.165) is 18.8 Å². The van der Waals surface area contributed by atoms with Gasteiger partial charge in [0, 0.05) is 13.2 Å². The van der Waals surface area contributed by atoms with Gasteiger partial charge >= 0.3 is 0 Å². The quantitative estimate of drug-likeness (QED) is 0.661. The maximum Gasteiger partial charge on any atom is 0.188 e. The van der Waals surface area contributed by atoms with Crippen LogP contribution in [0.5, 0.6) is 0 Å². The van der Waals surface area contributed by atoms with Crippen LogP contribution in [0.2, 0.25) is 0 Å². The van der Waals surface area contributed by atoms with E-state index in [1.165, 1.54) is 17.6 Å². The molecule has 0 amide bonds. The highest BCUT2D eigenvalue weighted by Crippen LogP contribution is 2.47. The van der Waals surface area contributed by atoms with Gasteiger partial charge in [0.05, 0.1) is 13.6 Å². The third-order valence-corrected chi connectivity index (χ3v) is 2.93. The summed E-state index contributed by atoms with van der Waals surface area (Å²) >= 11 is 0. The number of hydrogen-bond donors (Lipinski definition) is 2. The molecule has 0 atom stereocenters. The topological polar surface area (TPSA) is 75.9 Å². The number of aryl methyl sites for hydroxylation is 1. The van der Waals surface area contributed by atoms with Gasteiger partial charge < -0.3 is 10.4 Å². The van der Waals surface area contributed by atoms with Crippen LogP contribution in [0, 0.1) is 5.41 Å². The minimum atomic E-state index is 0.283. The van der Waals surface area contributed by atoms with Crippen LogP contribution in [0.4, 0.5) is 0 Å². The van der Waals surface area contributed by atoms with E-state index in [0.29, 0.717) is 12.0 Å². The highest BCUT2D eigenvalue weighted by molar-refractivity contribution is 4.94. The largest absolute Gasteiger partial charge is 0.396 e. The monoisotopic (exact) mass is 211 g/mol. The number of tetrazole rings is 1. The Morgan fingerprint density at radius 3 is 2.87 bits per heavy atom. The number of nitrogens with one attached hydrogen (secondary N) is 1. The van der Waals surface area contributed by atoms with Gasteiger partial charge in [-0.25, -0.2) is 0 Å². The molecule has 2 N–H and O–H groups in total. The highest BCUT2D eigenvalue weighted by Gasteiger charge is 2.41. The Morgan fingerprint density at radius 1 is 1.53 bits per heavy atom. The Bertz CT molecular complexity index is 320. The van der Waals surface area contributed by atoms with Crippen molar-refractivity contribution in [2.24, 2.45) is 12.5 Å². The van der Waals surface area contributed by atoms with Gasteiger partial charge in [-0.2, -0.15) is 4.80 Å². The second kappa shape index (κ2) is 4.24. The summed E-state index contributed by atoms with van der Waals surface area (Å²) in [5.74, 6) is 0.720. The molecule has 0 radical (unpaired) electrons. The predicted octanol–water partition coefficient (Wildman–Crippen LogP) is -0.538. The van der Waals surface area contributed by atoms with Crippen LogP contribution < -0.4 is 5.32 Å². The normalized spacial score (nSPS) is 18.0. The van der Waals surface area contributed by atoms with Crippen LogP contribution in [0.3, 0.4) is 0 Å². The van der Waals surface area contributed by atoms with Gasteiger partial charge in [-0.05, 0) is 29.9 Å². The van der Waals surface area contributed by atoms with E-state index < -0.39 is 0 Å². The van der Waals surface area contributed by atoms with Gasteiger partial charge in [0.1, 0.15) is 0 Å². The van der Waals surface area contributed by atoms with E-state index in [4.69, 9.17) is 5.11 Å². The van der Waals surface area contributed by atoms with Crippen molar-refractivity contribution in [2.75, 3.05) is 13.2 Å². The van der Waals surface area contributed by atoms with E-state index in [1.54, 1.807) is 7.05 Å². The maximum atomic E-state index is 8.90. The van der Waals surface area contributed by atoms with Crippen LogP contribution in [-0.4, -0.2) is 38.5 Å². The van der Waals surface area contributed by atoms with Crippen molar-refractivity contribution in [2.45, 2.75) is 25.8 Å².